The maximum absolute atomic E-state index is 6.15. The van der Waals surface area contributed by atoms with Crippen LogP contribution in [-0.4, -0.2) is 72.4 Å². The number of rotatable bonds is 6. The SMILES string of the molecule is BC(B)(B)O[C@H]1CC[C@@H](Nc2nc(OC)c3c(-c4ccc5nccn5c4)c[nH]c3n2)CC1. The first-order chi connectivity index (χ1) is 15.4. The molecule has 4 heterocycles. The molecule has 162 valence electrons. The van der Waals surface area contributed by atoms with Gasteiger partial charge in [0.1, 0.15) is 34.8 Å². The van der Waals surface area contributed by atoms with Crippen LogP contribution < -0.4 is 10.1 Å². The summed E-state index contributed by atoms with van der Waals surface area (Å²) >= 11 is 0. The molecule has 0 saturated heterocycles. The molecule has 4 aromatic rings. The highest BCUT2D eigenvalue weighted by Crippen LogP contribution is 2.35. The number of aromatic amines is 1. The van der Waals surface area contributed by atoms with Crippen LogP contribution in [0.25, 0.3) is 27.8 Å². The highest BCUT2D eigenvalue weighted by atomic mass is 16.5. The number of pyridine rings is 1. The topological polar surface area (TPSA) is 89.4 Å². The Balaban J connectivity index is 1.37. The molecule has 32 heavy (non-hydrogen) atoms. The van der Waals surface area contributed by atoms with Crippen LogP contribution in [0.3, 0.4) is 0 Å². The highest BCUT2D eigenvalue weighted by Gasteiger charge is 2.26. The van der Waals surface area contributed by atoms with Crippen molar-refractivity contribution in [1.82, 2.24) is 24.3 Å². The molecule has 0 aromatic carbocycles. The second-order valence-electron chi connectivity index (χ2n) is 9.44. The molecule has 5 rings (SSSR count). The van der Waals surface area contributed by atoms with Gasteiger partial charge in [0.05, 0.1) is 18.6 Å². The van der Waals surface area contributed by atoms with Crippen LogP contribution in [0.15, 0.2) is 36.9 Å². The summed E-state index contributed by atoms with van der Waals surface area (Å²) < 4.78 is 13.8. The Labute approximate surface area is 189 Å². The molecule has 0 unspecified atom stereocenters. The maximum atomic E-state index is 6.15. The fraction of sp³-hybridized carbons (Fsp3) is 0.381. The van der Waals surface area contributed by atoms with Gasteiger partial charge in [0.15, 0.2) is 0 Å². The molecule has 0 atom stereocenters. The van der Waals surface area contributed by atoms with Gasteiger partial charge in [-0.3, -0.25) is 0 Å². The number of nitrogens with zero attached hydrogens (tertiary/aromatic N) is 4. The zero-order valence-electron chi connectivity index (χ0n) is 19.1. The summed E-state index contributed by atoms with van der Waals surface area (Å²) in [6, 6.07) is 4.38. The predicted molar refractivity (Wildman–Crippen MR) is 134 cm³/mol. The van der Waals surface area contributed by atoms with Crippen LogP contribution >= 0.6 is 0 Å². The van der Waals surface area contributed by atoms with Crippen molar-refractivity contribution in [2.75, 3.05) is 12.4 Å². The first-order valence-corrected chi connectivity index (χ1v) is 11.2. The number of anilines is 1. The molecule has 0 aliphatic heterocycles. The van der Waals surface area contributed by atoms with E-state index in [9.17, 15) is 0 Å². The van der Waals surface area contributed by atoms with E-state index in [1.54, 1.807) is 13.3 Å². The Kier molecular flexibility index (Phi) is 5.37. The van der Waals surface area contributed by atoms with Gasteiger partial charge in [-0.1, -0.05) is 0 Å². The Morgan fingerprint density at radius 1 is 1.16 bits per heavy atom. The normalized spacial score (nSPS) is 19.4. The zero-order chi connectivity index (χ0) is 22.3. The average molecular weight is 428 g/mol. The standard InChI is InChI=1S/C21H27B3N6O2/c1-31-19-17-15(12-2-7-16-25-8-9-30(16)11-12)10-26-18(17)28-20(29-19)27-13-3-5-14(6-4-13)32-21(22,23)24/h2,7-11,13-14H,3-6,22-24H2,1H3,(H2,26,27,28,29)/t13-,14+. The smallest absolute Gasteiger partial charge is 0.228 e. The van der Waals surface area contributed by atoms with Crippen molar-refractivity contribution in [2.45, 2.75) is 43.1 Å². The van der Waals surface area contributed by atoms with Gasteiger partial charge >= 0.3 is 0 Å². The maximum Gasteiger partial charge on any atom is 0.228 e. The minimum absolute atomic E-state index is 0.0971. The first kappa shape index (κ1) is 20.9. The van der Waals surface area contributed by atoms with E-state index in [0.29, 0.717) is 24.0 Å². The lowest BCUT2D eigenvalue weighted by molar-refractivity contribution is 0.0202. The number of fused-ring (bicyclic) bond motifs is 2. The molecule has 0 amide bonds. The monoisotopic (exact) mass is 428 g/mol. The number of ether oxygens (including phenoxy) is 2. The van der Waals surface area contributed by atoms with Gasteiger partial charge in [-0.05, 0) is 43.1 Å². The number of imidazole rings is 1. The molecule has 1 aliphatic carbocycles. The van der Waals surface area contributed by atoms with Gasteiger partial charge in [0.25, 0.3) is 0 Å². The van der Waals surface area contributed by atoms with Gasteiger partial charge in [0.2, 0.25) is 11.8 Å². The number of methoxy groups -OCH3 is 1. The van der Waals surface area contributed by atoms with E-state index in [1.807, 2.05) is 22.9 Å². The van der Waals surface area contributed by atoms with Gasteiger partial charge < -0.3 is 24.2 Å². The van der Waals surface area contributed by atoms with Crippen molar-refractivity contribution >= 4 is 46.2 Å². The third-order valence-electron chi connectivity index (χ3n) is 5.92. The van der Waals surface area contributed by atoms with Crippen LogP contribution in [0, 0.1) is 0 Å². The van der Waals surface area contributed by atoms with E-state index in [0.717, 1.165) is 53.5 Å². The van der Waals surface area contributed by atoms with Crippen LogP contribution in [0.4, 0.5) is 5.95 Å². The molecule has 0 spiro atoms. The molecule has 0 bridgehead atoms. The summed E-state index contributed by atoms with van der Waals surface area (Å²) in [5.41, 5.74) is 3.70. The quantitative estimate of drug-likeness (QED) is 0.436. The van der Waals surface area contributed by atoms with Crippen molar-refractivity contribution < 1.29 is 9.47 Å². The molecule has 0 radical (unpaired) electrons. The van der Waals surface area contributed by atoms with Gasteiger partial charge in [-0.15, -0.1) is 0 Å². The molecular formula is C21H27B3N6O2. The predicted octanol–water partition coefficient (Wildman–Crippen LogP) is 0.531. The average Bonchev–Trinajstić information content (AvgIpc) is 3.40. The van der Waals surface area contributed by atoms with E-state index in [1.165, 1.54) is 0 Å². The van der Waals surface area contributed by atoms with Crippen molar-refractivity contribution in [1.29, 1.82) is 0 Å². The van der Waals surface area contributed by atoms with Crippen LogP contribution in [0.2, 0.25) is 0 Å². The molecule has 1 aliphatic rings. The Morgan fingerprint density at radius 2 is 1.97 bits per heavy atom. The molecule has 1 fully saturated rings. The van der Waals surface area contributed by atoms with Crippen LogP contribution in [-0.2, 0) is 4.74 Å². The van der Waals surface area contributed by atoms with Crippen molar-refractivity contribution in [3.05, 3.63) is 36.9 Å². The van der Waals surface area contributed by atoms with E-state index in [-0.39, 0.29) is 5.30 Å². The number of H-pyrrole nitrogens is 1. The molecule has 4 aromatic heterocycles. The lowest BCUT2D eigenvalue weighted by Crippen LogP contribution is -2.41. The lowest BCUT2D eigenvalue weighted by atomic mass is 9.52. The number of aromatic nitrogens is 5. The van der Waals surface area contributed by atoms with Gasteiger partial charge in [0, 0.05) is 42.0 Å². The lowest BCUT2D eigenvalue weighted by Gasteiger charge is -2.34. The van der Waals surface area contributed by atoms with Crippen molar-refractivity contribution in [3.8, 4) is 17.0 Å². The summed E-state index contributed by atoms with van der Waals surface area (Å²) in [5.74, 6) is 1.15. The number of nitrogens with one attached hydrogen (secondary N) is 2. The summed E-state index contributed by atoms with van der Waals surface area (Å²) in [7, 11) is 8.00. The van der Waals surface area contributed by atoms with E-state index in [4.69, 9.17) is 14.5 Å². The number of hydrogen-bond acceptors (Lipinski definition) is 6. The third kappa shape index (κ3) is 4.21. The molecule has 2 N–H and O–H groups in total. The molecule has 8 nitrogen and oxygen atoms in total. The Morgan fingerprint density at radius 3 is 2.72 bits per heavy atom. The van der Waals surface area contributed by atoms with E-state index in [2.05, 4.69) is 56.1 Å². The van der Waals surface area contributed by atoms with Gasteiger partial charge in [-0.25, -0.2) is 4.98 Å². The molecule has 1 saturated carbocycles. The molecule has 11 heteroatoms. The van der Waals surface area contributed by atoms with Crippen molar-refractivity contribution in [3.63, 3.8) is 0 Å². The Bertz CT molecular complexity index is 1240. The largest absolute Gasteiger partial charge is 0.480 e. The van der Waals surface area contributed by atoms with E-state index < -0.39 is 0 Å². The Hall–Kier alpha value is -2.94. The van der Waals surface area contributed by atoms with Crippen LogP contribution in [0.1, 0.15) is 25.7 Å². The number of hydrogen-bond donors (Lipinski definition) is 2. The summed E-state index contributed by atoms with van der Waals surface area (Å²) in [6.45, 7) is 0. The van der Waals surface area contributed by atoms with Crippen molar-refractivity contribution in [2.24, 2.45) is 0 Å². The second kappa shape index (κ2) is 8.20. The first-order valence-electron chi connectivity index (χ1n) is 11.2. The molecular weight excluding hydrogens is 401 g/mol. The fourth-order valence-corrected chi connectivity index (χ4v) is 4.53. The minimum atomic E-state index is -0.0971. The zero-order valence-corrected chi connectivity index (χ0v) is 19.1. The van der Waals surface area contributed by atoms with Crippen LogP contribution in [0.5, 0.6) is 5.88 Å². The second-order valence-corrected chi connectivity index (χ2v) is 9.44. The minimum Gasteiger partial charge on any atom is -0.480 e. The summed E-state index contributed by atoms with van der Waals surface area (Å²) in [5, 5.41) is 4.29. The highest BCUT2D eigenvalue weighted by molar-refractivity contribution is 6.58. The van der Waals surface area contributed by atoms with Gasteiger partial charge in [-0.2, -0.15) is 9.97 Å². The fourth-order valence-electron chi connectivity index (χ4n) is 4.53. The summed E-state index contributed by atoms with van der Waals surface area (Å²) in [6.07, 6.45) is 12.2. The third-order valence-corrected chi connectivity index (χ3v) is 5.92. The van der Waals surface area contributed by atoms with E-state index >= 15 is 0 Å². The summed E-state index contributed by atoms with van der Waals surface area (Å²) in [4.78, 5) is 17.0.